The number of para-hydroxylation sites is 1. The highest BCUT2D eigenvalue weighted by Gasteiger charge is 2.24. The van der Waals surface area contributed by atoms with Gasteiger partial charge in [0.25, 0.3) is 0 Å². The normalized spacial score (nSPS) is 15.6. The summed E-state index contributed by atoms with van der Waals surface area (Å²) < 4.78 is 0. The molecule has 8 nitrogen and oxygen atoms in total. The number of carbonyl (C=O) groups excluding carboxylic acids is 1. The summed E-state index contributed by atoms with van der Waals surface area (Å²) in [5.74, 6) is -2.30. The molecule has 0 radical (unpaired) electrons. The number of carboxylic acids is 2. The lowest BCUT2D eigenvalue weighted by molar-refractivity contribution is -0.134. The highest BCUT2D eigenvalue weighted by Crippen LogP contribution is 2.48. The Labute approximate surface area is 216 Å². The quantitative estimate of drug-likeness (QED) is 0.398. The molecule has 192 valence electrons. The first kappa shape index (κ1) is 27.4. The summed E-state index contributed by atoms with van der Waals surface area (Å²) in [5.41, 5.74) is 3.27. The molecule has 2 N–H and O–H groups in total. The van der Waals surface area contributed by atoms with Gasteiger partial charge in [-0.2, -0.15) is 0 Å². The summed E-state index contributed by atoms with van der Waals surface area (Å²) in [6.07, 6.45) is 2.78. The first-order valence-electron chi connectivity index (χ1n) is 12.0. The van der Waals surface area contributed by atoms with E-state index in [1.54, 1.807) is 0 Å². The van der Waals surface area contributed by atoms with Crippen molar-refractivity contribution in [1.82, 2.24) is 9.80 Å². The summed E-state index contributed by atoms with van der Waals surface area (Å²) in [4.78, 5) is 41.3. The van der Waals surface area contributed by atoms with E-state index >= 15 is 0 Å². The van der Waals surface area contributed by atoms with Crippen LogP contribution in [-0.4, -0.2) is 84.1 Å². The van der Waals surface area contributed by atoms with E-state index in [0.29, 0.717) is 18.6 Å². The third-order valence-electron chi connectivity index (χ3n) is 6.09. The molecular weight excluding hydrogens is 478 g/mol. The van der Waals surface area contributed by atoms with Crippen LogP contribution in [0.5, 0.6) is 0 Å². The van der Waals surface area contributed by atoms with Crippen molar-refractivity contribution in [3.8, 4) is 0 Å². The topological polar surface area (TPSA) is 101 Å². The molecule has 2 aromatic carbocycles. The van der Waals surface area contributed by atoms with Gasteiger partial charge >= 0.3 is 11.9 Å². The second-order valence-corrected chi connectivity index (χ2v) is 9.77. The molecule has 0 atom stereocenters. The molecule has 0 bridgehead atoms. The van der Waals surface area contributed by atoms with Crippen molar-refractivity contribution in [3.63, 3.8) is 0 Å². The molecule has 2 aliphatic rings. The number of Topliss-reactive ketones (excluding diaryl/α,β-unsaturated/α-hetero) is 1. The second kappa shape index (κ2) is 13.2. The highest BCUT2D eigenvalue weighted by molar-refractivity contribution is 7.99. The molecule has 36 heavy (non-hydrogen) atoms. The van der Waals surface area contributed by atoms with Crippen LogP contribution in [0.25, 0.3) is 0 Å². The van der Waals surface area contributed by atoms with E-state index in [2.05, 4.69) is 58.1 Å². The Morgan fingerprint density at radius 2 is 1.53 bits per heavy atom. The predicted molar refractivity (Wildman–Crippen MR) is 142 cm³/mol. The molecule has 2 aliphatic heterocycles. The molecule has 2 heterocycles. The third kappa shape index (κ3) is 7.68. The van der Waals surface area contributed by atoms with Gasteiger partial charge in [0.15, 0.2) is 5.78 Å². The van der Waals surface area contributed by atoms with Crippen LogP contribution in [0, 0.1) is 0 Å². The molecule has 0 aromatic heterocycles. The first-order chi connectivity index (χ1) is 17.3. The smallest absolute Gasteiger partial charge is 0.328 e. The van der Waals surface area contributed by atoms with Crippen molar-refractivity contribution in [2.24, 2.45) is 0 Å². The number of ketones is 1. The fourth-order valence-corrected chi connectivity index (χ4v) is 5.19. The Morgan fingerprint density at radius 3 is 2.17 bits per heavy atom. The summed E-state index contributed by atoms with van der Waals surface area (Å²) in [7, 11) is 2.20. The van der Waals surface area contributed by atoms with Gasteiger partial charge in [0.05, 0.1) is 11.4 Å². The van der Waals surface area contributed by atoms with Crippen LogP contribution < -0.4 is 4.90 Å². The molecule has 2 aromatic rings. The number of piperazine rings is 1. The first-order valence-corrected chi connectivity index (χ1v) is 12.9. The van der Waals surface area contributed by atoms with Gasteiger partial charge in [0.2, 0.25) is 0 Å². The number of aliphatic carboxylic acids is 2. The number of hydrogen-bond acceptors (Lipinski definition) is 7. The fraction of sp³-hybridized carbons (Fsp3) is 0.370. The lowest BCUT2D eigenvalue weighted by Gasteiger charge is -2.35. The fourth-order valence-electron chi connectivity index (χ4n) is 4.11. The summed E-state index contributed by atoms with van der Waals surface area (Å²) in [6.45, 7) is 8.68. The van der Waals surface area contributed by atoms with Crippen LogP contribution in [0.3, 0.4) is 0 Å². The van der Waals surface area contributed by atoms with Gasteiger partial charge in [-0.05, 0) is 44.3 Å². The van der Waals surface area contributed by atoms with Crippen molar-refractivity contribution >= 4 is 40.9 Å². The van der Waals surface area contributed by atoms with Gasteiger partial charge in [-0.25, -0.2) is 9.59 Å². The summed E-state index contributed by atoms with van der Waals surface area (Å²) >= 11 is 1.81. The molecule has 0 saturated carbocycles. The van der Waals surface area contributed by atoms with Crippen molar-refractivity contribution in [1.29, 1.82) is 0 Å². The zero-order chi connectivity index (χ0) is 26.1. The Bertz CT molecular complexity index is 1100. The van der Waals surface area contributed by atoms with Crippen LogP contribution in [0.1, 0.15) is 30.1 Å². The molecular formula is C27H33N3O5S. The SMILES string of the molecule is CCC(=O)c1ccc2c(c1)N(CCCN1CCN(C)CC1)c1ccccc1S2.O=C(O)C=CC(=O)O. The Kier molecular flexibility index (Phi) is 10.1. The van der Waals surface area contributed by atoms with E-state index < -0.39 is 11.9 Å². The number of carboxylic acid groups (broad SMARTS) is 2. The van der Waals surface area contributed by atoms with Gasteiger partial charge in [-0.15, -0.1) is 0 Å². The van der Waals surface area contributed by atoms with Crippen molar-refractivity contribution in [3.05, 3.63) is 60.2 Å². The Balaban J connectivity index is 0.000000392. The van der Waals surface area contributed by atoms with E-state index in [1.807, 2.05) is 24.8 Å². The Morgan fingerprint density at radius 1 is 0.889 bits per heavy atom. The standard InChI is InChI=1S/C23H29N3OS.C4H4O4/c1-3-21(27)18-9-10-23-20(17-18)26(19-7-4-5-8-22(19)28-23)12-6-11-25-15-13-24(2)14-16-25;5-3(6)1-2-4(7)8/h4-5,7-10,17H,3,6,11-16H2,1-2H3;1-2H,(H,5,6)(H,7,8). The van der Waals surface area contributed by atoms with Gasteiger partial charge < -0.3 is 24.9 Å². The van der Waals surface area contributed by atoms with E-state index in [-0.39, 0.29) is 5.78 Å². The van der Waals surface area contributed by atoms with Crippen LogP contribution in [0.4, 0.5) is 11.4 Å². The minimum Gasteiger partial charge on any atom is -0.478 e. The number of anilines is 2. The largest absolute Gasteiger partial charge is 0.478 e. The van der Waals surface area contributed by atoms with E-state index in [0.717, 1.165) is 51.3 Å². The lowest BCUT2D eigenvalue weighted by atomic mass is 10.1. The number of likely N-dealkylation sites (N-methyl/N-ethyl adjacent to an activating group) is 1. The lowest BCUT2D eigenvalue weighted by Crippen LogP contribution is -2.45. The minimum absolute atomic E-state index is 0.212. The number of fused-ring (bicyclic) bond motifs is 2. The molecule has 4 rings (SSSR count). The number of hydrogen-bond donors (Lipinski definition) is 2. The average Bonchev–Trinajstić information content (AvgIpc) is 2.88. The molecule has 1 fully saturated rings. The number of benzene rings is 2. The van der Waals surface area contributed by atoms with E-state index in [4.69, 9.17) is 10.2 Å². The maximum Gasteiger partial charge on any atom is 0.328 e. The van der Waals surface area contributed by atoms with Crippen molar-refractivity contribution < 1.29 is 24.6 Å². The number of carbonyl (C=O) groups is 3. The zero-order valence-corrected chi connectivity index (χ0v) is 21.5. The van der Waals surface area contributed by atoms with Crippen LogP contribution in [-0.2, 0) is 9.59 Å². The monoisotopic (exact) mass is 511 g/mol. The molecule has 0 unspecified atom stereocenters. The molecule has 0 spiro atoms. The van der Waals surface area contributed by atoms with E-state index in [9.17, 15) is 14.4 Å². The zero-order valence-electron chi connectivity index (χ0n) is 20.7. The molecule has 9 heteroatoms. The predicted octanol–water partition coefficient (Wildman–Crippen LogP) is 4.23. The molecule has 0 amide bonds. The maximum absolute atomic E-state index is 12.3. The van der Waals surface area contributed by atoms with E-state index in [1.165, 1.54) is 21.2 Å². The second-order valence-electron chi connectivity index (χ2n) is 8.69. The van der Waals surface area contributed by atoms with Crippen LogP contribution in [0.15, 0.2) is 64.4 Å². The van der Waals surface area contributed by atoms with Gasteiger partial charge in [0.1, 0.15) is 0 Å². The van der Waals surface area contributed by atoms with Gasteiger partial charge in [0, 0.05) is 66.7 Å². The van der Waals surface area contributed by atoms with Crippen molar-refractivity contribution in [2.75, 3.05) is 51.2 Å². The Hall–Kier alpha value is -3.14. The van der Waals surface area contributed by atoms with Crippen LogP contribution >= 0.6 is 11.8 Å². The van der Waals surface area contributed by atoms with Gasteiger partial charge in [-0.3, -0.25) is 4.79 Å². The highest BCUT2D eigenvalue weighted by atomic mass is 32.2. The van der Waals surface area contributed by atoms with Crippen molar-refractivity contribution in [2.45, 2.75) is 29.6 Å². The minimum atomic E-state index is -1.26. The molecule has 0 aliphatic carbocycles. The summed E-state index contributed by atoms with van der Waals surface area (Å²) in [6, 6.07) is 14.8. The number of rotatable bonds is 8. The van der Waals surface area contributed by atoms with Crippen LogP contribution in [0.2, 0.25) is 0 Å². The third-order valence-corrected chi connectivity index (χ3v) is 7.22. The number of nitrogens with zero attached hydrogens (tertiary/aromatic N) is 3. The molecule has 1 saturated heterocycles. The van der Waals surface area contributed by atoms with Gasteiger partial charge in [-0.1, -0.05) is 36.9 Å². The summed E-state index contributed by atoms with van der Waals surface area (Å²) in [5, 5.41) is 15.6. The maximum atomic E-state index is 12.3. The average molecular weight is 512 g/mol.